The van der Waals surface area contributed by atoms with E-state index in [0.29, 0.717) is 10.0 Å². The predicted octanol–water partition coefficient (Wildman–Crippen LogP) is 5.35. The van der Waals surface area contributed by atoms with Crippen LogP contribution in [0, 0.1) is 0 Å². The molecule has 0 aliphatic heterocycles. The van der Waals surface area contributed by atoms with Gasteiger partial charge in [0.15, 0.2) is 0 Å². The lowest BCUT2D eigenvalue weighted by atomic mass is 9.90. The molecular formula is C15H12Cl2S. The number of halogens is 2. The molecule has 2 aromatic carbocycles. The molecule has 0 heterocycles. The molecule has 0 saturated heterocycles. The minimum absolute atomic E-state index is 0.546. The first-order valence-electron chi connectivity index (χ1n) is 5.44. The Morgan fingerprint density at radius 2 is 1.17 bits per heavy atom. The van der Waals surface area contributed by atoms with E-state index in [0.717, 1.165) is 11.1 Å². The molecule has 3 heteroatoms. The molecule has 0 amide bonds. The average molecular weight is 295 g/mol. The minimum atomic E-state index is -0.546. The van der Waals surface area contributed by atoms with E-state index in [9.17, 15) is 0 Å². The molecular weight excluding hydrogens is 283 g/mol. The monoisotopic (exact) mass is 294 g/mol. The van der Waals surface area contributed by atoms with Crippen molar-refractivity contribution in [3.63, 3.8) is 0 Å². The summed E-state index contributed by atoms with van der Waals surface area (Å²) in [4.78, 5) is 0. The number of benzene rings is 2. The molecule has 0 saturated carbocycles. The van der Waals surface area contributed by atoms with E-state index in [1.165, 1.54) is 0 Å². The summed E-state index contributed by atoms with van der Waals surface area (Å²) in [6, 6.07) is 15.2. The Balaban J connectivity index is 2.50. The molecule has 0 bridgehead atoms. The average Bonchev–Trinajstić information content (AvgIpc) is 2.39. The largest absolute Gasteiger partial charge is 0.159 e. The van der Waals surface area contributed by atoms with Crippen LogP contribution in [0.2, 0.25) is 10.0 Å². The Morgan fingerprint density at radius 1 is 0.833 bits per heavy atom. The highest BCUT2D eigenvalue weighted by Gasteiger charge is 2.26. The first-order chi connectivity index (χ1) is 8.56. The van der Waals surface area contributed by atoms with Gasteiger partial charge in [0.1, 0.15) is 0 Å². The molecule has 2 rings (SSSR count). The maximum Gasteiger partial charge on any atom is 0.0805 e. The highest BCUT2D eigenvalue weighted by molar-refractivity contribution is 7.81. The second-order valence-corrected chi connectivity index (χ2v) is 5.56. The molecule has 18 heavy (non-hydrogen) atoms. The third-order valence-corrected chi connectivity index (χ3v) is 4.07. The third kappa shape index (κ3) is 2.59. The number of hydrogen-bond donors (Lipinski definition) is 1. The van der Waals surface area contributed by atoms with Gasteiger partial charge >= 0.3 is 0 Å². The first-order valence-corrected chi connectivity index (χ1v) is 6.64. The summed E-state index contributed by atoms with van der Waals surface area (Å²) >= 11 is 16.6. The van der Waals surface area contributed by atoms with Crippen LogP contribution in [0.3, 0.4) is 0 Å². The maximum atomic E-state index is 5.90. The van der Waals surface area contributed by atoms with Crippen molar-refractivity contribution in [1.82, 2.24) is 0 Å². The van der Waals surface area contributed by atoms with Crippen LogP contribution in [0.4, 0.5) is 0 Å². The molecule has 0 aliphatic rings. The van der Waals surface area contributed by atoms with Gasteiger partial charge in [0.05, 0.1) is 4.75 Å². The Bertz CT molecular complexity index is 498. The fourth-order valence-electron chi connectivity index (χ4n) is 1.81. The van der Waals surface area contributed by atoms with Gasteiger partial charge < -0.3 is 0 Å². The van der Waals surface area contributed by atoms with Crippen LogP contribution in [-0.2, 0) is 4.75 Å². The highest BCUT2D eigenvalue weighted by Crippen LogP contribution is 2.38. The molecule has 0 fully saturated rings. The van der Waals surface area contributed by atoms with E-state index in [1.807, 2.05) is 54.6 Å². The van der Waals surface area contributed by atoms with E-state index in [1.54, 1.807) is 0 Å². The lowest BCUT2D eigenvalue weighted by Crippen LogP contribution is -2.17. The van der Waals surface area contributed by atoms with Crippen molar-refractivity contribution in [2.75, 3.05) is 0 Å². The quantitative estimate of drug-likeness (QED) is 0.572. The Labute approximate surface area is 123 Å². The summed E-state index contributed by atoms with van der Waals surface area (Å²) in [5, 5.41) is 1.41. The fraction of sp³-hybridized carbons (Fsp3) is 0.0667. The number of thiol groups is 1. The summed E-state index contributed by atoms with van der Waals surface area (Å²) < 4.78 is -0.546. The first kappa shape index (κ1) is 13.5. The number of rotatable bonds is 3. The molecule has 0 aliphatic carbocycles. The number of hydrogen-bond acceptors (Lipinski definition) is 1. The second kappa shape index (κ2) is 5.40. The predicted molar refractivity (Wildman–Crippen MR) is 82.9 cm³/mol. The fourth-order valence-corrected chi connectivity index (χ4v) is 2.36. The normalized spacial score (nSPS) is 11.3. The summed E-state index contributed by atoms with van der Waals surface area (Å²) in [6.45, 7) is 3.89. The van der Waals surface area contributed by atoms with Gasteiger partial charge in [-0.1, -0.05) is 53.5 Å². The smallest absolute Gasteiger partial charge is 0.0805 e. The van der Waals surface area contributed by atoms with Gasteiger partial charge in [-0.15, -0.1) is 6.58 Å². The lowest BCUT2D eigenvalue weighted by Gasteiger charge is -2.26. The molecule has 92 valence electrons. The topological polar surface area (TPSA) is 0 Å². The van der Waals surface area contributed by atoms with Crippen LogP contribution in [0.5, 0.6) is 0 Å². The highest BCUT2D eigenvalue weighted by atomic mass is 35.5. The summed E-state index contributed by atoms with van der Waals surface area (Å²) in [5.74, 6) is 0. The van der Waals surface area contributed by atoms with Gasteiger partial charge in [0.25, 0.3) is 0 Å². The summed E-state index contributed by atoms with van der Waals surface area (Å²) in [6.07, 6.45) is 1.81. The van der Waals surface area contributed by atoms with Crippen molar-refractivity contribution >= 4 is 35.8 Å². The van der Waals surface area contributed by atoms with Crippen molar-refractivity contribution in [3.05, 3.63) is 82.4 Å². The van der Waals surface area contributed by atoms with Crippen molar-refractivity contribution in [2.24, 2.45) is 0 Å². The van der Waals surface area contributed by atoms with Gasteiger partial charge in [-0.05, 0) is 35.4 Å². The molecule has 0 radical (unpaired) electrons. The zero-order valence-corrected chi connectivity index (χ0v) is 12.0. The van der Waals surface area contributed by atoms with Crippen LogP contribution in [0.25, 0.3) is 0 Å². The summed E-state index contributed by atoms with van der Waals surface area (Å²) in [7, 11) is 0. The Kier molecular flexibility index (Phi) is 4.06. The zero-order valence-electron chi connectivity index (χ0n) is 9.61. The molecule has 0 atom stereocenters. The third-order valence-electron chi connectivity index (χ3n) is 2.86. The van der Waals surface area contributed by atoms with E-state index in [2.05, 4.69) is 6.58 Å². The van der Waals surface area contributed by atoms with Crippen LogP contribution < -0.4 is 0 Å². The van der Waals surface area contributed by atoms with Crippen LogP contribution in [-0.4, -0.2) is 0 Å². The second-order valence-electron chi connectivity index (χ2n) is 3.98. The van der Waals surface area contributed by atoms with E-state index < -0.39 is 4.75 Å². The van der Waals surface area contributed by atoms with Crippen molar-refractivity contribution in [2.45, 2.75) is 4.75 Å². The standard InChI is InChI=1S/C15H12Cl2S/c1-2-15(18,11-3-7-13(16)8-4-11)12-5-9-14(17)10-6-12/h2-10,18H,1H2. The van der Waals surface area contributed by atoms with Crippen molar-refractivity contribution in [1.29, 1.82) is 0 Å². The minimum Gasteiger partial charge on any atom is -0.159 e. The SMILES string of the molecule is C=CC(S)(c1ccc(Cl)cc1)c1ccc(Cl)cc1. The van der Waals surface area contributed by atoms with Crippen molar-refractivity contribution in [3.8, 4) is 0 Å². The Morgan fingerprint density at radius 3 is 1.44 bits per heavy atom. The maximum absolute atomic E-state index is 5.90. The molecule has 0 spiro atoms. The van der Waals surface area contributed by atoms with Gasteiger partial charge in [-0.25, -0.2) is 0 Å². The van der Waals surface area contributed by atoms with E-state index >= 15 is 0 Å². The van der Waals surface area contributed by atoms with Gasteiger partial charge in [-0.2, -0.15) is 12.6 Å². The molecule has 0 unspecified atom stereocenters. The summed E-state index contributed by atoms with van der Waals surface area (Å²) in [5.41, 5.74) is 2.04. The zero-order chi connectivity index (χ0) is 13.2. The van der Waals surface area contributed by atoms with Gasteiger partial charge in [-0.3, -0.25) is 0 Å². The van der Waals surface area contributed by atoms with E-state index in [-0.39, 0.29) is 0 Å². The van der Waals surface area contributed by atoms with Crippen molar-refractivity contribution < 1.29 is 0 Å². The molecule has 0 N–H and O–H groups in total. The van der Waals surface area contributed by atoms with Crippen LogP contribution >= 0.6 is 35.8 Å². The molecule has 0 aromatic heterocycles. The molecule has 2 aromatic rings. The van der Waals surface area contributed by atoms with Gasteiger partial charge in [0.2, 0.25) is 0 Å². The van der Waals surface area contributed by atoms with Crippen LogP contribution in [0.1, 0.15) is 11.1 Å². The molecule has 0 nitrogen and oxygen atoms in total. The van der Waals surface area contributed by atoms with Crippen LogP contribution in [0.15, 0.2) is 61.2 Å². The van der Waals surface area contributed by atoms with Gasteiger partial charge in [0, 0.05) is 10.0 Å². The van der Waals surface area contributed by atoms with E-state index in [4.69, 9.17) is 35.8 Å². The Hall–Kier alpha value is -0.890. The lowest BCUT2D eigenvalue weighted by molar-refractivity contribution is 0.953.